The molecule has 0 amide bonds. The topological polar surface area (TPSA) is 81.1 Å². The SMILES string of the molecule is NC(=NC1CCNC1)c1csc(Cn2ccc3cnccc32)n1. The number of pyridine rings is 1. The molecule has 4 rings (SSSR count). The number of rotatable bonds is 4. The van der Waals surface area contributed by atoms with Gasteiger partial charge < -0.3 is 15.6 Å². The molecule has 0 saturated carbocycles. The minimum atomic E-state index is 0.279. The van der Waals surface area contributed by atoms with Gasteiger partial charge in [0.25, 0.3) is 0 Å². The third-order valence-corrected chi connectivity index (χ3v) is 4.88. The highest BCUT2D eigenvalue weighted by molar-refractivity contribution is 7.09. The Morgan fingerprint density at radius 3 is 3.30 bits per heavy atom. The number of aliphatic imine (C=N–C) groups is 1. The number of amidine groups is 1. The van der Waals surface area contributed by atoms with Gasteiger partial charge in [-0.1, -0.05) is 0 Å². The van der Waals surface area contributed by atoms with Crippen LogP contribution in [0.15, 0.2) is 41.1 Å². The molecule has 0 spiro atoms. The van der Waals surface area contributed by atoms with Crippen molar-refractivity contribution in [2.45, 2.75) is 19.0 Å². The van der Waals surface area contributed by atoms with E-state index in [-0.39, 0.29) is 6.04 Å². The molecule has 0 bridgehead atoms. The second kappa shape index (κ2) is 6.10. The Morgan fingerprint density at radius 1 is 1.48 bits per heavy atom. The second-order valence-electron chi connectivity index (χ2n) is 5.67. The smallest absolute Gasteiger partial charge is 0.145 e. The lowest BCUT2D eigenvalue weighted by Gasteiger charge is -2.03. The first-order valence-electron chi connectivity index (χ1n) is 7.67. The molecular formula is C16H18N6S. The summed E-state index contributed by atoms with van der Waals surface area (Å²) in [5.74, 6) is 0.544. The van der Waals surface area contributed by atoms with Crippen LogP contribution >= 0.6 is 11.3 Å². The maximum Gasteiger partial charge on any atom is 0.145 e. The predicted molar refractivity (Wildman–Crippen MR) is 92.9 cm³/mol. The lowest BCUT2D eigenvalue weighted by molar-refractivity contribution is 0.743. The molecule has 0 radical (unpaired) electrons. The third-order valence-electron chi connectivity index (χ3n) is 4.05. The largest absolute Gasteiger partial charge is 0.382 e. The highest BCUT2D eigenvalue weighted by Gasteiger charge is 2.15. The molecule has 3 aromatic rings. The summed E-state index contributed by atoms with van der Waals surface area (Å²) in [7, 11) is 0. The van der Waals surface area contributed by atoms with E-state index in [9.17, 15) is 0 Å². The zero-order valence-corrected chi connectivity index (χ0v) is 13.5. The van der Waals surface area contributed by atoms with E-state index in [1.54, 1.807) is 11.3 Å². The molecule has 3 N–H and O–H groups in total. The van der Waals surface area contributed by atoms with E-state index in [0.29, 0.717) is 5.84 Å². The third kappa shape index (κ3) is 2.97. The van der Waals surface area contributed by atoms with Crippen LogP contribution in [0.25, 0.3) is 10.9 Å². The zero-order valence-electron chi connectivity index (χ0n) is 12.6. The fourth-order valence-corrected chi connectivity index (χ4v) is 3.62. The first-order valence-corrected chi connectivity index (χ1v) is 8.55. The summed E-state index contributed by atoms with van der Waals surface area (Å²) in [4.78, 5) is 13.4. The van der Waals surface area contributed by atoms with Gasteiger partial charge in [-0.2, -0.15) is 0 Å². The summed E-state index contributed by atoms with van der Waals surface area (Å²) in [6, 6.07) is 4.37. The molecule has 1 aliphatic rings. The fourth-order valence-electron chi connectivity index (χ4n) is 2.84. The van der Waals surface area contributed by atoms with Crippen LogP contribution in [0.2, 0.25) is 0 Å². The molecule has 0 aliphatic carbocycles. The van der Waals surface area contributed by atoms with Gasteiger partial charge in [0.1, 0.15) is 16.5 Å². The maximum atomic E-state index is 6.10. The van der Waals surface area contributed by atoms with Gasteiger partial charge in [0.05, 0.1) is 18.1 Å². The molecule has 1 atom stereocenters. The van der Waals surface area contributed by atoms with Gasteiger partial charge in [-0.3, -0.25) is 9.98 Å². The minimum absolute atomic E-state index is 0.279. The van der Waals surface area contributed by atoms with E-state index in [4.69, 9.17) is 5.73 Å². The first kappa shape index (κ1) is 14.3. The van der Waals surface area contributed by atoms with Gasteiger partial charge in [-0.05, 0) is 25.1 Å². The molecule has 1 aliphatic heterocycles. The molecule has 3 aromatic heterocycles. The van der Waals surface area contributed by atoms with Crippen LogP contribution in [0.1, 0.15) is 17.1 Å². The maximum absolute atomic E-state index is 6.10. The summed E-state index contributed by atoms with van der Waals surface area (Å²) in [5.41, 5.74) is 8.05. The Hall–Kier alpha value is -2.25. The van der Waals surface area contributed by atoms with Crippen molar-refractivity contribution in [3.63, 3.8) is 0 Å². The number of nitrogens with two attached hydrogens (primary N) is 1. The van der Waals surface area contributed by atoms with Crippen LogP contribution < -0.4 is 11.1 Å². The number of hydrogen-bond donors (Lipinski definition) is 2. The number of thiazole rings is 1. The van der Waals surface area contributed by atoms with E-state index in [1.807, 2.05) is 23.8 Å². The Balaban J connectivity index is 1.53. The van der Waals surface area contributed by atoms with Gasteiger partial charge in [-0.15, -0.1) is 11.3 Å². The molecule has 0 aromatic carbocycles. The molecule has 6 nitrogen and oxygen atoms in total. The van der Waals surface area contributed by atoms with Crippen LogP contribution in [0, 0.1) is 0 Å². The Kier molecular flexibility index (Phi) is 3.80. The Bertz CT molecular complexity index is 843. The average molecular weight is 326 g/mol. The van der Waals surface area contributed by atoms with Crippen LogP contribution in [-0.4, -0.2) is 39.5 Å². The normalized spacial score (nSPS) is 18.8. The molecule has 1 unspecified atom stereocenters. The van der Waals surface area contributed by atoms with E-state index in [0.717, 1.165) is 47.7 Å². The second-order valence-corrected chi connectivity index (χ2v) is 6.61. The minimum Gasteiger partial charge on any atom is -0.382 e. The van der Waals surface area contributed by atoms with Crippen molar-refractivity contribution in [1.29, 1.82) is 0 Å². The number of hydrogen-bond acceptors (Lipinski definition) is 5. The highest BCUT2D eigenvalue weighted by atomic mass is 32.1. The molecule has 23 heavy (non-hydrogen) atoms. The van der Waals surface area contributed by atoms with E-state index in [2.05, 4.69) is 37.1 Å². The zero-order chi connectivity index (χ0) is 15.6. The van der Waals surface area contributed by atoms with E-state index >= 15 is 0 Å². The molecule has 118 valence electrons. The molecule has 4 heterocycles. The van der Waals surface area contributed by atoms with Gasteiger partial charge in [0.2, 0.25) is 0 Å². The quantitative estimate of drug-likeness (QED) is 0.564. The van der Waals surface area contributed by atoms with Crippen molar-refractivity contribution in [3.05, 3.63) is 46.8 Å². The summed E-state index contributed by atoms with van der Waals surface area (Å²) < 4.78 is 2.17. The summed E-state index contributed by atoms with van der Waals surface area (Å²) in [6.45, 7) is 2.65. The number of aromatic nitrogens is 3. The van der Waals surface area contributed by atoms with E-state index in [1.165, 1.54) is 0 Å². The first-order chi connectivity index (χ1) is 11.3. The van der Waals surface area contributed by atoms with Crippen LogP contribution in [-0.2, 0) is 6.54 Å². The van der Waals surface area contributed by atoms with Gasteiger partial charge in [0.15, 0.2) is 0 Å². The Labute approximate surface area is 138 Å². The summed E-state index contributed by atoms with van der Waals surface area (Å²) in [5, 5.41) is 7.45. The van der Waals surface area contributed by atoms with Gasteiger partial charge in [-0.25, -0.2) is 4.98 Å². The highest BCUT2D eigenvalue weighted by Crippen LogP contribution is 2.18. The number of fused-ring (bicyclic) bond motifs is 1. The van der Waals surface area contributed by atoms with Crippen molar-refractivity contribution in [2.24, 2.45) is 10.7 Å². The van der Waals surface area contributed by atoms with Crippen LogP contribution in [0.5, 0.6) is 0 Å². The molecular weight excluding hydrogens is 308 g/mol. The predicted octanol–water partition coefficient (Wildman–Crippen LogP) is 1.61. The van der Waals surface area contributed by atoms with Crippen molar-refractivity contribution in [3.8, 4) is 0 Å². The van der Waals surface area contributed by atoms with Crippen LogP contribution in [0.3, 0.4) is 0 Å². The molecule has 1 fully saturated rings. The van der Waals surface area contributed by atoms with Crippen molar-refractivity contribution in [1.82, 2.24) is 19.9 Å². The van der Waals surface area contributed by atoms with Crippen molar-refractivity contribution in [2.75, 3.05) is 13.1 Å². The number of nitrogens with zero attached hydrogens (tertiary/aromatic N) is 4. The number of nitrogens with one attached hydrogen (secondary N) is 1. The van der Waals surface area contributed by atoms with Gasteiger partial charge in [0, 0.05) is 35.9 Å². The van der Waals surface area contributed by atoms with E-state index < -0.39 is 0 Å². The Morgan fingerprint density at radius 2 is 2.43 bits per heavy atom. The lowest BCUT2D eigenvalue weighted by atomic mass is 10.3. The van der Waals surface area contributed by atoms with Crippen molar-refractivity contribution >= 4 is 28.1 Å². The standard InChI is InChI=1S/C16H18N6S/c17-16(20-12-1-4-19-8-12)13-10-23-15(21-13)9-22-6-3-11-7-18-5-2-14(11)22/h2-3,5-7,10,12,19H,1,4,8-9H2,(H2,17,20). The van der Waals surface area contributed by atoms with Crippen LogP contribution in [0.4, 0.5) is 0 Å². The lowest BCUT2D eigenvalue weighted by Crippen LogP contribution is -2.20. The average Bonchev–Trinajstić information content (AvgIpc) is 3.29. The summed E-state index contributed by atoms with van der Waals surface area (Å²) in [6.07, 6.45) is 6.79. The fraction of sp³-hybridized carbons (Fsp3) is 0.312. The van der Waals surface area contributed by atoms with Gasteiger partial charge >= 0.3 is 0 Å². The monoisotopic (exact) mass is 326 g/mol. The van der Waals surface area contributed by atoms with Crippen molar-refractivity contribution < 1.29 is 0 Å². The molecule has 1 saturated heterocycles. The molecule has 7 heteroatoms. The summed E-state index contributed by atoms with van der Waals surface area (Å²) >= 11 is 1.62.